The Balaban J connectivity index is 1.61. The van der Waals surface area contributed by atoms with E-state index in [0.29, 0.717) is 48.3 Å². The van der Waals surface area contributed by atoms with Gasteiger partial charge in [-0.3, -0.25) is 4.79 Å². The summed E-state index contributed by atoms with van der Waals surface area (Å²) in [7, 11) is 0. The minimum Gasteiger partial charge on any atom is -0.481 e. The van der Waals surface area contributed by atoms with E-state index < -0.39 is 5.97 Å². The van der Waals surface area contributed by atoms with Gasteiger partial charge >= 0.3 is 12.0 Å². The van der Waals surface area contributed by atoms with Crippen LogP contribution in [0.1, 0.15) is 12.8 Å². The molecule has 1 aliphatic heterocycles. The molecule has 1 aromatic carbocycles. The third-order valence-corrected chi connectivity index (χ3v) is 4.48. The molecule has 1 aromatic heterocycles. The fraction of sp³-hybridized carbons (Fsp3) is 0.278. The van der Waals surface area contributed by atoms with Gasteiger partial charge in [0, 0.05) is 31.0 Å². The molecule has 0 unspecified atom stereocenters. The number of amides is 2. The SMILES string of the molecule is O=C(O)C1CCN(C(=O)Nc2ccnc(Oc3ccccc3Cl)c2)CC1. The summed E-state index contributed by atoms with van der Waals surface area (Å²) >= 11 is 6.06. The summed E-state index contributed by atoms with van der Waals surface area (Å²) in [5.74, 6) is -0.405. The van der Waals surface area contributed by atoms with E-state index in [1.807, 2.05) is 0 Å². The largest absolute Gasteiger partial charge is 0.481 e. The summed E-state index contributed by atoms with van der Waals surface area (Å²) in [6.45, 7) is 0.827. The summed E-state index contributed by atoms with van der Waals surface area (Å²) < 4.78 is 5.64. The highest BCUT2D eigenvalue weighted by atomic mass is 35.5. The second kappa shape index (κ2) is 8.05. The normalized spacial score (nSPS) is 14.7. The van der Waals surface area contributed by atoms with Gasteiger partial charge in [-0.15, -0.1) is 0 Å². The van der Waals surface area contributed by atoms with Crippen molar-refractivity contribution in [3.05, 3.63) is 47.6 Å². The number of piperidine rings is 1. The first-order valence-corrected chi connectivity index (χ1v) is 8.58. The first kappa shape index (κ1) is 18.0. The fourth-order valence-corrected chi connectivity index (χ4v) is 2.89. The number of benzene rings is 1. The number of ether oxygens (including phenoxy) is 1. The number of carboxylic acids is 1. The number of carboxylic acid groups (broad SMARTS) is 1. The summed E-state index contributed by atoms with van der Waals surface area (Å²) in [6.07, 6.45) is 2.44. The first-order chi connectivity index (χ1) is 12.5. The van der Waals surface area contributed by atoms with Gasteiger partial charge in [0.15, 0.2) is 0 Å². The fourth-order valence-electron chi connectivity index (χ4n) is 2.72. The summed E-state index contributed by atoms with van der Waals surface area (Å²) in [6, 6.07) is 10.0. The highest BCUT2D eigenvalue weighted by Gasteiger charge is 2.27. The number of urea groups is 1. The van der Waals surface area contributed by atoms with Crippen molar-refractivity contribution in [3.63, 3.8) is 0 Å². The third-order valence-electron chi connectivity index (χ3n) is 4.17. The lowest BCUT2D eigenvalue weighted by molar-refractivity contribution is -0.143. The third kappa shape index (κ3) is 4.43. The molecule has 0 radical (unpaired) electrons. The number of halogens is 1. The molecule has 136 valence electrons. The number of aliphatic carboxylic acids is 1. The van der Waals surface area contributed by atoms with Gasteiger partial charge < -0.3 is 20.1 Å². The molecule has 1 saturated heterocycles. The van der Waals surface area contributed by atoms with E-state index in [0.717, 1.165) is 0 Å². The molecule has 0 aliphatic carbocycles. The average molecular weight is 376 g/mol. The smallest absolute Gasteiger partial charge is 0.321 e. The zero-order valence-electron chi connectivity index (χ0n) is 13.9. The summed E-state index contributed by atoms with van der Waals surface area (Å²) in [5.41, 5.74) is 0.535. The van der Waals surface area contributed by atoms with Crippen molar-refractivity contribution in [1.82, 2.24) is 9.88 Å². The number of likely N-dealkylation sites (tertiary alicyclic amines) is 1. The molecule has 0 atom stereocenters. The molecular formula is C18H18ClN3O4. The van der Waals surface area contributed by atoms with Crippen LogP contribution >= 0.6 is 11.6 Å². The Kier molecular flexibility index (Phi) is 5.58. The average Bonchev–Trinajstić information content (AvgIpc) is 2.64. The maximum absolute atomic E-state index is 12.4. The van der Waals surface area contributed by atoms with Crippen molar-refractivity contribution in [2.45, 2.75) is 12.8 Å². The minimum atomic E-state index is -0.805. The zero-order chi connectivity index (χ0) is 18.5. The van der Waals surface area contributed by atoms with Crippen molar-refractivity contribution in [1.29, 1.82) is 0 Å². The van der Waals surface area contributed by atoms with Gasteiger partial charge in [-0.1, -0.05) is 23.7 Å². The van der Waals surface area contributed by atoms with Crippen LogP contribution in [-0.2, 0) is 4.79 Å². The van der Waals surface area contributed by atoms with Crippen LogP contribution in [0.3, 0.4) is 0 Å². The minimum absolute atomic E-state index is 0.274. The molecule has 1 aliphatic rings. The second-order valence-corrected chi connectivity index (χ2v) is 6.35. The molecule has 2 heterocycles. The highest BCUT2D eigenvalue weighted by molar-refractivity contribution is 6.32. The maximum atomic E-state index is 12.4. The van der Waals surface area contributed by atoms with Crippen molar-refractivity contribution in [2.75, 3.05) is 18.4 Å². The van der Waals surface area contributed by atoms with E-state index >= 15 is 0 Å². The van der Waals surface area contributed by atoms with E-state index in [4.69, 9.17) is 21.4 Å². The zero-order valence-corrected chi connectivity index (χ0v) is 14.6. The number of para-hydroxylation sites is 1. The maximum Gasteiger partial charge on any atom is 0.321 e. The molecule has 0 saturated carbocycles. The second-order valence-electron chi connectivity index (χ2n) is 5.94. The van der Waals surface area contributed by atoms with Gasteiger partial charge in [-0.05, 0) is 31.0 Å². The monoisotopic (exact) mass is 375 g/mol. The molecule has 0 spiro atoms. The van der Waals surface area contributed by atoms with Crippen molar-refractivity contribution >= 4 is 29.3 Å². The van der Waals surface area contributed by atoms with E-state index in [9.17, 15) is 9.59 Å². The van der Waals surface area contributed by atoms with Crippen LogP contribution in [0, 0.1) is 5.92 Å². The number of hydrogen-bond donors (Lipinski definition) is 2. The van der Waals surface area contributed by atoms with Crippen molar-refractivity contribution in [2.24, 2.45) is 5.92 Å². The number of carbonyl (C=O) groups excluding carboxylic acids is 1. The van der Waals surface area contributed by atoms with Crippen LogP contribution in [-0.4, -0.2) is 40.1 Å². The van der Waals surface area contributed by atoms with Crippen molar-refractivity contribution in [3.8, 4) is 11.6 Å². The molecule has 7 nitrogen and oxygen atoms in total. The Morgan fingerprint density at radius 3 is 2.65 bits per heavy atom. The summed E-state index contributed by atoms with van der Waals surface area (Å²) in [5, 5.41) is 12.3. The molecule has 3 rings (SSSR count). The van der Waals surface area contributed by atoms with Crippen LogP contribution in [0.5, 0.6) is 11.6 Å². The standard InChI is InChI=1S/C18H18ClN3O4/c19-14-3-1-2-4-15(14)26-16-11-13(5-8-20-16)21-18(25)22-9-6-12(7-10-22)17(23)24/h1-5,8,11-12H,6-7,9-10H2,(H,23,24)(H,20,21,25). The van der Waals surface area contributed by atoms with Crippen LogP contribution < -0.4 is 10.1 Å². The van der Waals surface area contributed by atoms with Gasteiger partial charge in [-0.2, -0.15) is 0 Å². The topological polar surface area (TPSA) is 91.8 Å². The number of carbonyl (C=O) groups is 2. The van der Waals surface area contributed by atoms with Crippen LogP contribution in [0.15, 0.2) is 42.6 Å². The predicted molar refractivity (Wildman–Crippen MR) is 96.7 cm³/mol. The number of anilines is 1. The van der Waals surface area contributed by atoms with E-state index in [1.165, 1.54) is 6.20 Å². The number of aromatic nitrogens is 1. The Hall–Kier alpha value is -2.80. The van der Waals surface area contributed by atoms with E-state index in [-0.39, 0.29) is 11.9 Å². The first-order valence-electron chi connectivity index (χ1n) is 8.20. The summed E-state index contributed by atoms with van der Waals surface area (Å²) in [4.78, 5) is 29.1. The Morgan fingerprint density at radius 2 is 1.96 bits per heavy atom. The molecule has 2 aromatic rings. The van der Waals surface area contributed by atoms with Gasteiger partial charge in [0.1, 0.15) is 5.75 Å². The Bertz CT molecular complexity index is 807. The number of hydrogen-bond acceptors (Lipinski definition) is 4. The molecule has 8 heteroatoms. The molecule has 1 fully saturated rings. The lowest BCUT2D eigenvalue weighted by atomic mass is 9.97. The number of rotatable bonds is 4. The van der Waals surface area contributed by atoms with Gasteiger partial charge in [-0.25, -0.2) is 9.78 Å². The lowest BCUT2D eigenvalue weighted by Crippen LogP contribution is -2.42. The Morgan fingerprint density at radius 1 is 1.23 bits per heavy atom. The molecule has 2 N–H and O–H groups in total. The van der Waals surface area contributed by atoms with Crippen LogP contribution in [0.25, 0.3) is 0 Å². The predicted octanol–water partition coefficient (Wildman–Crippen LogP) is 3.86. The lowest BCUT2D eigenvalue weighted by Gasteiger charge is -2.30. The van der Waals surface area contributed by atoms with E-state index in [2.05, 4.69) is 10.3 Å². The van der Waals surface area contributed by atoms with Gasteiger partial charge in [0.25, 0.3) is 0 Å². The van der Waals surface area contributed by atoms with Crippen LogP contribution in [0.4, 0.5) is 10.5 Å². The number of nitrogens with one attached hydrogen (secondary N) is 1. The Labute approximate surface area is 155 Å². The number of nitrogens with zero attached hydrogens (tertiary/aromatic N) is 2. The quantitative estimate of drug-likeness (QED) is 0.846. The van der Waals surface area contributed by atoms with Crippen molar-refractivity contribution < 1.29 is 19.4 Å². The molecule has 2 amide bonds. The van der Waals surface area contributed by atoms with E-state index in [1.54, 1.807) is 41.3 Å². The number of pyridine rings is 1. The van der Waals surface area contributed by atoms with Gasteiger partial charge in [0.2, 0.25) is 5.88 Å². The van der Waals surface area contributed by atoms with Gasteiger partial charge in [0.05, 0.1) is 10.9 Å². The molecule has 0 bridgehead atoms. The molecular weight excluding hydrogens is 358 g/mol. The highest BCUT2D eigenvalue weighted by Crippen LogP contribution is 2.28. The molecule has 26 heavy (non-hydrogen) atoms. The van der Waals surface area contributed by atoms with Crippen LogP contribution in [0.2, 0.25) is 5.02 Å².